The smallest absolute Gasteiger partial charge is 0.369 e. The minimum absolute atomic E-state index is 0.0375. The third kappa shape index (κ3) is 5.38. The number of rotatable bonds is 5. The highest BCUT2D eigenvalue weighted by atomic mass is 19.4. The number of guanidine groups is 1. The topological polar surface area (TPSA) is 115 Å². The number of urea groups is 1. The standard InChI is InChI=1S/C21H23F3N6O2/c1-20(2)12-30(19(32)28-20)18(26)27-10-14(9-25)17(31)29(11-13-6-7-13)16-5-3-4-15(8-16)21(22,23)24/h3-5,8,10,13H,6-7,11-12H2,1-2H3,(H2,26,27)(H,28,32)/b14-10+. The highest BCUT2D eigenvalue weighted by Gasteiger charge is 2.37. The molecule has 0 unspecified atom stereocenters. The molecule has 0 aromatic heterocycles. The Kier molecular flexibility index (Phi) is 6.16. The van der Waals surface area contributed by atoms with Gasteiger partial charge in [-0.05, 0) is 50.8 Å². The molecule has 1 aromatic rings. The lowest BCUT2D eigenvalue weighted by atomic mass is 10.1. The molecule has 0 radical (unpaired) electrons. The van der Waals surface area contributed by atoms with Crippen molar-refractivity contribution in [2.45, 2.75) is 38.4 Å². The van der Waals surface area contributed by atoms with E-state index in [-0.39, 0.29) is 30.7 Å². The van der Waals surface area contributed by atoms with E-state index in [1.54, 1.807) is 19.9 Å². The Morgan fingerprint density at radius 3 is 2.66 bits per heavy atom. The average Bonchev–Trinajstić information content (AvgIpc) is 3.48. The van der Waals surface area contributed by atoms with E-state index in [1.807, 2.05) is 0 Å². The van der Waals surface area contributed by atoms with Gasteiger partial charge in [0.2, 0.25) is 5.96 Å². The second kappa shape index (κ2) is 8.53. The van der Waals surface area contributed by atoms with Crippen molar-refractivity contribution in [1.29, 1.82) is 5.26 Å². The van der Waals surface area contributed by atoms with Gasteiger partial charge in [0.15, 0.2) is 0 Å². The number of benzene rings is 1. The fourth-order valence-corrected chi connectivity index (χ4v) is 3.24. The highest BCUT2D eigenvalue weighted by Crippen LogP contribution is 2.35. The van der Waals surface area contributed by atoms with Gasteiger partial charge in [-0.2, -0.15) is 18.4 Å². The summed E-state index contributed by atoms with van der Waals surface area (Å²) >= 11 is 0. The van der Waals surface area contributed by atoms with Gasteiger partial charge >= 0.3 is 12.2 Å². The zero-order chi connectivity index (χ0) is 23.7. The maximum Gasteiger partial charge on any atom is 0.416 e. The Morgan fingerprint density at radius 2 is 2.12 bits per heavy atom. The van der Waals surface area contributed by atoms with E-state index in [4.69, 9.17) is 5.73 Å². The molecule has 1 heterocycles. The van der Waals surface area contributed by atoms with Crippen molar-refractivity contribution in [3.63, 3.8) is 0 Å². The number of aliphatic imine (C=N–C) groups is 1. The van der Waals surface area contributed by atoms with Gasteiger partial charge in [-0.3, -0.25) is 9.69 Å². The van der Waals surface area contributed by atoms with Crippen LogP contribution in [0, 0.1) is 17.2 Å². The monoisotopic (exact) mass is 448 g/mol. The van der Waals surface area contributed by atoms with Crippen molar-refractivity contribution in [1.82, 2.24) is 10.2 Å². The molecule has 0 bridgehead atoms. The van der Waals surface area contributed by atoms with E-state index in [9.17, 15) is 28.0 Å². The first-order valence-corrected chi connectivity index (χ1v) is 9.93. The molecule has 1 aliphatic carbocycles. The van der Waals surface area contributed by atoms with Crippen LogP contribution in [0.15, 0.2) is 41.0 Å². The fraction of sp³-hybridized carbons (Fsp3) is 0.429. The SMILES string of the molecule is CC1(C)CN(C(N)=N/C=C(\C#N)C(=O)N(CC2CC2)c2cccc(C(F)(F)F)c2)C(=O)N1. The lowest BCUT2D eigenvalue weighted by molar-refractivity contribution is -0.137. The molecular formula is C21H23F3N6O2. The zero-order valence-electron chi connectivity index (χ0n) is 17.6. The molecule has 1 saturated heterocycles. The van der Waals surface area contributed by atoms with Gasteiger partial charge in [-0.15, -0.1) is 0 Å². The normalized spacial score (nSPS) is 18.9. The van der Waals surface area contributed by atoms with Crippen molar-refractivity contribution < 1.29 is 22.8 Å². The van der Waals surface area contributed by atoms with Crippen molar-refractivity contribution in [2.75, 3.05) is 18.0 Å². The van der Waals surface area contributed by atoms with Crippen LogP contribution in [0.1, 0.15) is 32.3 Å². The lowest BCUT2D eigenvalue weighted by Crippen LogP contribution is -2.39. The van der Waals surface area contributed by atoms with Crippen molar-refractivity contribution in [3.05, 3.63) is 41.6 Å². The van der Waals surface area contributed by atoms with Gasteiger partial charge < -0.3 is 16.0 Å². The number of nitrogens with two attached hydrogens (primary N) is 1. The van der Waals surface area contributed by atoms with Crippen molar-refractivity contribution in [3.8, 4) is 6.07 Å². The number of halogens is 3. The Hall–Kier alpha value is -3.55. The number of carbonyl (C=O) groups excluding carboxylic acids is 2. The molecule has 170 valence electrons. The number of nitriles is 1. The van der Waals surface area contributed by atoms with E-state index in [0.717, 1.165) is 36.1 Å². The number of hydrogen-bond donors (Lipinski definition) is 2. The number of nitrogens with zero attached hydrogens (tertiary/aromatic N) is 4. The average molecular weight is 448 g/mol. The van der Waals surface area contributed by atoms with E-state index >= 15 is 0 Å². The van der Waals surface area contributed by atoms with E-state index in [0.29, 0.717) is 0 Å². The largest absolute Gasteiger partial charge is 0.416 e. The first kappa shape index (κ1) is 23.1. The molecule has 3 amide bonds. The Morgan fingerprint density at radius 1 is 1.44 bits per heavy atom. The van der Waals surface area contributed by atoms with E-state index < -0.39 is 34.8 Å². The number of nitrogens with one attached hydrogen (secondary N) is 1. The van der Waals surface area contributed by atoms with Crippen LogP contribution in [-0.2, 0) is 11.0 Å². The minimum Gasteiger partial charge on any atom is -0.369 e. The molecule has 0 atom stereocenters. The fourth-order valence-electron chi connectivity index (χ4n) is 3.24. The molecule has 2 fully saturated rings. The van der Waals surface area contributed by atoms with E-state index in [1.165, 1.54) is 17.0 Å². The molecule has 0 spiro atoms. The zero-order valence-corrected chi connectivity index (χ0v) is 17.6. The molecule has 8 nitrogen and oxygen atoms in total. The molecule has 1 aliphatic heterocycles. The summed E-state index contributed by atoms with van der Waals surface area (Å²) in [7, 11) is 0. The predicted molar refractivity (Wildman–Crippen MR) is 111 cm³/mol. The molecule has 3 N–H and O–H groups in total. The van der Waals surface area contributed by atoms with Crippen molar-refractivity contribution >= 4 is 23.6 Å². The second-order valence-electron chi connectivity index (χ2n) is 8.45. The number of hydrogen-bond acceptors (Lipinski definition) is 4. The summed E-state index contributed by atoms with van der Waals surface area (Å²) in [6.07, 6.45) is -1.94. The van der Waals surface area contributed by atoms with Crippen LogP contribution in [0.3, 0.4) is 0 Å². The van der Waals surface area contributed by atoms with Crippen LogP contribution in [0.4, 0.5) is 23.7 Å². The number of carbonyl (C=O) groups is 2. The summed E-state index contributed by atoms with van der Waals surface area (Å²) in [6, 6.07) is 5.66. The van der Waals surface area contributed by atoms with Gasteiger partial charge in [0.05, 0.1) is 23.8 Å². The van der Waals surface area contributed by atoms with Gasteiger partial charge in [0.1, 0.15) is 11.6 Å². The second-order valence-corrected chi connectivity index (χ2v) is 8.45. The van der Waals surface area contributed by atoms with Crippen LogP contribution in [0.25, 0.3) is 0 Å². The molecule has 3 rings (SSSR count). The van der Waals surface area contributed by atoms with Crippen LogP contribution in [0.5, 0.6) is 0 Å². The molecule has 1 saturated carbocycles. The summed E-state index contributed by atoms with van der Waals surface area (Å²) in [5, 5.41) is 12.2. The first-order chi connectivity index (χ1) is 14.9. The van der Waals surface area contributed by atoms with Crippen LogP contribution >= 0.6 is 0 Å². The van der Waals surface area contributed by atoms with Crippen LogP contribution < -0.4 is 16.0 Å². The van der Waals surface area contributed by atoms with Gasteiger partial charge in [-0.1, -0.05) is 6.07 Å². The third-order valence-electron chi connectivity index (χ3n) is 5.07. The predicted octanol–water partition coefficient (Wildman–Crippen LogP) is 2.97. The maximum absolute atomic E-state index is 13.1. The lowest BCUT2D eigenvalue weighted by Gasteiger charge is -2.23. The molecular weight excluding hydrogens is 425 g/mol. The van der Waals surface area contributed by atoms with Crippen LogP contribution in [-0.4, -0.2) is 41.4 Å². The molecule has 11 heteroatoms. The Balaban J connectivity index is 1.88. The summed E-state index contributed by atoms with van der Waals surface area (Å²) in [5.74, 6) is -0.847. The molecule has 1 aromatic carbocycles. The van der Waals surface area contributed by atoms with Gasteiger partial charge in [-0.25, -0.2) is 9.79 Å². The Labute approximate surface area is 183 Å². The quantitative estimate of drug-likeness (QED) is 0.312. The first-order valence-electron chi connectivity index (χ1n) is 9.93. The van der Waals surface area contributed by atoms with Gasteiger partial charge in [0.25, 0.3) is 5.91 Å². The number of alkyl halides is 3. The molecule has 32 heavy (non-hydrogen) atoms. The van der Waals surface area contributed by atoms with Gasteiger partial charge in [0, 0.05) is 12.2 Å². The number of amides is 3. The van der Waals surface area contributed by atoms with Crippen molar-refractivity contribution in [2.24, 2.45) is 16.6 Å². The Bertz CT molecular complexity index is 1020. The molecule has 2 aliphatic rings. The third-order valence-corrected chi connectivity index (χ3v) is 5.07. The highest BCUT2D eigenvalue weighted by molar-refractivity contribution is 6.08. The summed E-state index contributed by atoms with van der Waals surface area (Å²) in [6.45, 7) is 4.01. The number of anilines is 1. The summed E-state index contributed by atoms with van der Waals surface area (Å²) < 4.78 is 39.4. The maximum atomic E-state index is 13.1. The van der Waals surface area contributed by atoms with E-state index in [2.05, 4.69) is 10.3 Å². The summed E-state index contributed by atoms with van der Waals surface area (Å²) in [4.78, 5) is 31.3. The minimum atomic E-state index is -4.57. The van der Waals surface area contributed by atoms with Crippen LogP contribution in [0.2, 0.25) is 0 Å². The summed E-state index contributed by atoms with van der Waals surface area (Å²) in [5.41, 5.74) is 4.05.